The summed E-state index contributed by atoms with van der Waals surface area (Å²) in [6, 6.07) is 7.01. The Morgan fingerprint density at radius 1 is 1.37 bits per heavy atom. The molecule has 1 aliphatic heterocycles. The van der Waals surface area contributed by atoms with Gasteiger partial charge >= 0.3 is 5.97 Å². The van der Waals surface area contributed by atoms with Crippen LogP contribution in [0.2, 0.25) is 0 Å². The summed E-state index contributed by atoms with van der Waals surface area (Å²) in [4.78, 5) is 25.6. The molecule has 1 atom stereocenters. The minimum atomic E-state index is -1.04. The van der Waals surface area contributed by atoms with Crippen molar-refractivity contribution in [2.75, 3.05) is 6.54 Å². The molecular weight excluding hydrogens is 310 g/mol. The number of carbonyl (C=O) groups is 2. The van der Waals surface area contributed by atoms with Crippen molar-refractivity contribution < 1.29 is 14.7 Å². The third-order valence-electron chi connectivity index (χ3n) is 3.81. The number of aliphatic carboxylic acids is 1. The molecule has 0 aromatic heterocycles. The van der Waals surface area contributed by atoms with Crippen molar-refractivity contribution in [3.8, 4) is 0 Å². The largest absolute Gasteiger partial charge is 0.479 e. The molecule has 1 amide bonds. The number of amides is 1. The molecule has 1 aromatic rings. The van der Waals surface area contributed by atoms with E-state index in [4.69, 9.17) is 0 Å². The van der Waals surface area contributed by atoms with E-state index >= 15 is 0 Å². The van der Waals surface area contributed by atoms with Crippen molar-refractivity contribution in [3.05, 3.63) is 34.3 Å². The van der Waals surface area contributed by atoms with Crippen LogP contribution in [-0.2, 0) is 4.79 Å². The maximum Gasteiger partial charge on any atom is 0.329 e. The van der Waals surface area contributed by atoms with Gasteiger partial charge in [-0.15, -0.1) is 0 Å². The first-order valence-electron chi connectivity index (χ1n) is 6.32. The van der Waals surface area contributed by atoms with E-state index in [0.29, 0.717) is 24.9 Å². The Morgan fingerprint density at radius 3 is 2.53 bits per heavy atom. The second-order valence-electron chi connectivity index (χ2n) is 4.76. The van der Waals surface area contributed by atoms with Crippen LogP contribution in [0.5, 0.6) is 0 Å². The van der Waals surface area contributed by atoms with Gasteiger partial charge in [0.2, 0.25) is 0 Å². The highest BCUT2D eigenvalue weighted by Crippen LogP contribution is 2.34. The van der Waals surface area contributed by atoms with Crippen LogP contribution in [0.1, 0.15) is 36.5 Å². The maximum atomic E-state index is 12.5. The van der Waals surface area contributed by atoms with Gasteiger partial charge in [0.25, 0.3) is 5.91 Å². The van der Waals surface area contributed by atoms with Crippen LogP contribution in [-0.4, -0.2) is 34.0 Å². The van der Waals surface area contributed by atoms with Crippen molar-refractivity contribution >= 4 is 27.8 Å². The first kappa shape index (κ1) is 14.1. The fraction of sp³-hybridized carbons (Fsp3) is 0.429. The molecule has 1 aromatic carbocycles. The van der Waals surface area contributed by atoms with Crippen molar-refractivity contribution in [1.82, 2.24) is 4.90 Å². The number of halogens is 1. The molecule has 0 saturated carbocycles. The Hall–Kier alpha value is -1.36. The van der Waals surface area contributed by atoms with Gasteiger partial charge in [0.15, 0.2) is 0 Å². The molecule has 2 rings (SSSR count). The topological polar surface area (TPSA) is 57.6 Å². The van der Waals surface area contributed by atoms with Crippen molar-refractivity contribution in [3.63, 3.8) is 0 Å². The third-order valence-corrected chi connectivity index (χ3v) is 4.34. The maximum absolute atomic E-state index is 12.5. The van der Waals surface area contributed by atoms with Gasteiger partial charge in [-0.05, 0) is 43.5 Å². The number of carbonyl (C=O) groups excluding carboxylic acids is 1. The standard InChI is InChI=1S/C14H16BrNO3/c1-2-14(13(18)19)8-3-9-16(14)12(17)10-4-6-11(15)7-5-10/h4-7H,2-3,8-9H2,1H3,(H,18,19). The van der Waals surface area contributed by atoms with Gasteiger partial charge in [-0.3, -0.25) is 4.79 Å². The van der Waals surface area contributed by atoms with Crippen LogP contribution in [0.15, 0.2) is 28.7 Å². The quantitative estimate of drug-likeness (QED) is 0.929. The Balaban J connectivity index is 2.32. The van der Waals surface area contributed by atoms with Gasteiger partial charge in [0.1, 0.15) is 5.54 Å². The summed E-state index contributed by atoms with van der Waals surface area (Å²) in [7, 11) is 0. The number of hydrogen-bond donors (Lipinski definition) is 1. The number of rotatable bonds is 3. The number of benzene rings is 1. The van der Waals surface area contributed by atoms with Crippen molar-refractivity contribution in [1.29, 1.82) is 0 Å². The zero-order chi connectivity index (χ0) is 14.0. The molecule has 1 aliphatic rings. The van der Waals surface area contributed by atoms with E-state index in [1.807, 2.05) is 6.92 Å². The van der Waals surface area contributed by atoms with E-state index in [1.54, 1.807) is 24.3 Å². The van der Waals surface area contributed by atoms with Gasteiger partial charge < -0.3 is 10.0 Å². The van der Waals surface area contributed by atoms with E-state index in [-0.39, 0.29) is 5.91 Å². The summed E-state index contributed by atoms with van der Waals surface area (Å²) in [6.45, 7) is 2.33. The zero-order valence-electron chi connectivity index (χ0n) is 10.7. The number of nitrogens with zero attached hydrogens (tertiary/aromatic N) is 1. The fourth-order valence-electron chi connectivity index (χ4n) is 2.66. The van der Waals surface area contributed by atoms with Crippen LogP contribution in [0, 0.1) is 0 Å². The van der Waals surface area contributed by atoms with Gasteiger partial charge in [-0.2, -0.15) is 0 Å². The van der Waals surface area contributed by atoms with Crippen LogP contribution < -0.4 is 0 Å². The normalized spacial score (nSPS) is 22.5. The summed E-state index contributed by atoms with van der Waals surface area (Å²) in [5.41, 5.74) is -0.506. The molecule has 0 radical (unpaired) electrons. The lowest BCUT2D eigenvalue weighted by Crippen LogP contribution is -2.52. The summed E-state index contributed by atoms with van der Waals surface area (Å²) >= 11 is 3.32. The van der Waals surface area contributed by atoms with E-state index in [0.717, 1.165) is 10.9 Å². The third kappa shape index (κ3) is 2.39. The van der Waals surface area contributed by atoms with E-state index < -0.39 is 11.5 Å². The molecule has 19 heavy (non-hydrogen) atoms. The van der Waals surface area contributed by atoms with Crippen LogP contribution in [0.3, 0.4) is 0 Å². The zero-order valence-corrected chi connectivity index (χ0v) is 12.3. The minimum Gasteiger partial charge on any atom is -0.479 e. The van der Waals surface area contributed by atoms with Gasteiger partial charge in [0, 0.05) is 16.6 Å². The molecule has 4 nitrogen and oxygen atoms in total. The molecule has 1 saturated heterocycles. The Kier molecular flexibility index (Phi) is 3.94. The van der Waals surface area contributed by atoms with Gasteiger partial charge in [0.05, 0.1) is 0 Å². The number of carboxylic acid groups (broad SMARTS) is 1. The summed E-state index contributed by atoms with van der Waals surface area (Å²) in [5, 5.41) is 9.47. The molecule has 0 aliphatic carbocycles. The highest BCUT2D eigenvalue weighted by molar-refractivity contribution is 9.10. The molecular formula is C14H16BrNO3. The molecule has 1 N–H and O–H groups in total. The highest BCUT2D eigenvalue weighted by atomic mass is 79.9. The predicted molar refractivity (Wildman–Crippen MR) is 75.1 cm³/mol. The summed E-state index contributed by atoms with van der Waals surface area (Å²) < 4.78 is 0.894. The molecule has 1 heterocycles. The minimum absolute atomic E-state index is 0.200. The SMILES string of the molecule is CCC1(C(=O)O)CCCN1C(=O)c1ccc(Br)cc1. The lowest BCUT2D eigenvalue weighted by atomic mass is 9.92. The van der Waals surface area contributed by atoms with Crippen molar-refractivity contribution in [2.45, 2.75) is 31.7 Å². The van der Waals surface area contributed by atoms with Crippen molar-refractivity contribution in [2.24, 2.45) is 0 Å². The van der Waals surface area contributed by atoms with E-state index in [1.165, 1.54) is 4.90 Å². The lowest BCUT2D eigenvalue weighted by Gasteiger charge is -2.34. The van der Waals surface area contributed by atoms with Gasteiger partial charge in [-0.25, -0.2) is 4.79 Å². The molecule has 0 spiro atoms. The van der Waals surface area contributed by atoms with E-state index in [2.05, 4.69) is 15.9 Å². The van der Waals surface area contributed by atoms with Gasteiger partial charge in [-0.1, -0.05) is 22.9 Å². The first-order chi connectivity index (χ1) is 9.01. The average Bonchev–Trinajstić information content (AvgIpc) is 2.83. The molecule has 1 fully saturated rings. The lowest BCUT2D eigenvalue weighted by molar-refractivity contribution is -0.148. The monoisotopic (exact) mass is 325 g/mol. The summed E-state index contributed by atoms with van der Waals surface area (Å²) in [6.07, 6.45) is 1.70. The smallest absolute Gasteiger partial charge is 0.329 e. The molecule has 5 heteroatoms. The molecule has 102 valence electrons. The second-order valence-corrected chi connectivity index (χ2v) is 5.67. The molecule has 1 unspecified atom stereocenters. The average molecular weight is 326 g/mol. The van der Waals surface area contributed by atoms with Crippen LogP contribution in [0.25, 0.3) is 0 Å². The Bertz CT molecular complexity index is 500. The highest BCUT2D eigenvalue weighted by Gasteiger charge is 2.48. The van der Waals surface area contributed by atoms with E-state index in [9.17, 15) is 14.7 Å². The molecule has 0 bridgehead atoms. The Labute approximate surface area is 120 Å². The first-order valence-corrected chi connectivity index (χ1v) is 7.11. The number of hydrogen-bond acceptors (Lipinski definition) is 2. The predicted octanol–water partition coefficient (Wildman–Crippen LogP) is 2.92. The summed E-state index contributed by atoms with van der Waals surface area (Å²) in [5.74, 6) is -1.10. The fourth-order valence-corrected chi connectivity index (χ4v) is 2.93. The Morgan fingerprint density at radius 2 is 2.00 bits per heavy atom. The van der Waals surface area contributed by atoms with Crippen LogP contribution >= 0.6 is 15.9 Å². The number of carboxylic acids is 1. The second kappa shape index (κ2) is 5.33. The number of likely N-dealkylation sites (tertiary alicyclic amines) is 1. The van der Waals surface area contributed by atoms with Crippen LogP contribution in [0.4, 0.5) is 0 Å².